The lowest BCUT2D eigenvalue weighted by atomic mass is 10.2. The van der Waals surface area contributed by atoms with Crippen molar-refractivity contribution in [1.82, 2.24) is 0 Å². The lowest BCUT2D eigenvalue weighted by Gasteiger charge is -2.09. The van der Waals surface area contributed by atoms with Gasteiger partial charge in [0.15, 0.2) is 0 Å². The fourth-order valence-corrected chi connectivity index (χ4v) is 3.65. The summed E-state index contributed by atoms with van der Waals surface area (Å²) in [6.45, 7) is 4.19. The van der Waals surface area contributed by atoms with Gasteiger partial charge < -0.3 is 9.52 Å². The van der Waals surface area contributed by atoms with E-state index in [9.17, 15) is 17.9 Å². The van der Waals surface area contributed by atoms with Crippen molar-refractivity contribution < 1.29 is 22.3 Å². The number of benzene rings is 1. The molecule has 0 aliphatic heterocycles. The van der Waals surface area contributed by atoms with Gasteiger partial charge in [-0.05, 0) is 44.5 Å². The lowest BCUT2D eigenvalue weighted by Crippen LogP contribution is -2.15. The quantitative estimate of drug-likeness (QED) is 0.909. The number of halogens is 1. The molecule has 0 amide bonds. The van der Waals surface area contributed by atoms with Crippen LogP contribution in [0.2, 0.25) is 0 Å². The first-order valence-corrected chi connectivity index (χ1v) is 7.73. The van der Waals surface area contributed by atoms with Crippen LogP contribution in [0, 0.1) is 26.6 Å². The van der Waals surface area contributed by atoms with Crippen molar-refractivity contribution in [1.29, 1.82) is 0 Å². The van der Waals surface area contributed by atoms with E-state index in [4.69, 9.17) is 4.42 Å². The highest BCUT2D eigenvalue weighted by molar-refractivity contribution is 7.92. The topological polar surface area (TPSA) is 79.5 Å². The zero-order valence-corrected chi connectivity index (χ0v) is 12.7. The van der Waals surface area contributed by atoms with Gasteiger partial charge in [0, 0.05) is 11.3 Å². The summed E-state index contributed by atoms with van der Waals surface area (Å²) in [4.78, 5) is -0.0792. The summed E-state index contributed by atoms with van der Waals surface area (Å²) >= 11 is 0. The minimum atomic E-state index is -3.92. The van der Waals surface area contributed by atoms with E-state index >= 15 is 0 Å². The smallest absolute Gasteiger partial charge is 0.265 e. The Labute approximate surface area is 122 Å². The standard InChI is InChI=1S/C14H16FNO4S/c1-8-6-11(4-5-13(8)15)16-21(18,19)14-10(3)20-9(2)12(14)7-17/h4-6,16-17H,7H2,1-3H3. The average molecular weight is 313 g/mol. The second-order valence-electron chi connectivity index (χ2n) is 4.75. The second-order valence-corrected chi connectivity index (χ2v) is 6.37. The second kappa shape index (κ2) is 5.50. The lowest BCUT2D eigenvalue weighted by molar-refractivity contribution is 0.276. The maximum absolute atomic E-state index is 13.2. The monoisotopic (exact) mass is 313 g/mol. The molecular formula is C14H16FNO4S. The van der Waals surface area contributed by atoms with Gasteiger partial charge in [0.25, 0.3) is 10.0 Å². The molecule has 0 saturated carbocycles. The molecule has 114 valence electrons. The van der Waals surface area contributed by atoms with Gasteiger partial charge in [-0.3, -0.25) is 4.72 Å². The Bertz CT molecular complexity index is 781. The zero-order valence-electron chi connectivity index (χ0n) is 11.9. The van der Waals surface area contributed by atoms with E-state index < -0.39 is 22.4 Å². The summed E-state index contributed by atoms with van der Waals surface area (Å²) < 4.78 is 45.7. The molecule has 0 saturated heterocycles. The number of aliphatic hydroxyl groups excluding tert-OH is 1. The van der Waals surface area contributed by atoms with Crippen molar-refractivity contribution in [3.8, 4) is 0 Å². The van der Waals surface area contributed by atoms with Crippen molar-refractivity contribution in [3.63, 3.8) is 0 Å². The van der Waals surface area contributed by atoms with Gasteiger partial charge in [-0.25, -0.2) is 12.8 Å². The SMILES string of the molecule is Cc1cc(NS(=O)(=O)c2c(C)oc(C)c2CO)ccc1F. The molecule has 0 bridgehead atoms. The van der Waals surface area contributed by atoms with E-state index in [-0.39, 0.29) is 21.9 Å². The molecule has 0 atom stereocenters. The molecule has 2 rings (SSSR count). The summed E-state index contributed by atoms with van der Waals surface area (Å²) in [6.07, 6.45) is 0. The maximum Gasteiger partial charge on any atom is 0.265 e. The third-order valence-electron chi connectivity index (χ3n) is 3.16. The summed E-state index contributed by atoms with van der Waals surface area (Å²) in [5.74, 6) is 0.137. The summed E-state index contributed by atoms with van der Waals surface area (Å²) in [7, 11) is -3.92. The van der Waals surface area contributed by atoms with Crippen molar-refractivity contribution >= 4 is 15.7 Å². The molecule has 5 nitrogen and oxygen atoms in total. The Morgan fingerprint density at radius 1 is 1.24 bits per heavy atom. The Morgan fingerprint density at radius 2 is 1.90 bits per heavy atom. The number of aliphatic hydroxyl groups is 1. The van der Waals surface area contributed by atoms with Gasteiger partial charge in [0.05, 0.1) is 6.61 Å². The maximum atomic E-state index is 13.2. The molecule has 0 unspecified atom stereocenters. The number of rotatable bonds is 4. The fraction of sp³-hybridized carbons (Fsp3) is 0.286. The van der Waals surface area contributed by atoms with Crippen molar-refractivity contribution in [3.05, 3.63) is 46.7 Å². The van der Waals surface area contributed by atoms with Crippen LogP contribution in [0.3, 0.4) is 0 Å². The van der Waals surface area contributed by atoms with Crippen LogP contribution in [0.15, 0.2) is 27.5 Å². The minimum absolute atomic E-state index is 0.0792. The number of sulfonamides is 1. The van der Waals surface area contributed by atoms with Crippen LogP contribution in [0.4, 0.5) is 10.1 Å². The molecule has 2 aromatic rings. The summed E-state index contributed by atoms with van der Waals surface area (Å²) in [6, 6.07) is 3.92. The Morgan fingerprint density at radius 3 is 2.48 bits per heavy atom. The van der Waals surface area contributed by atoms with Gasteiger partial charge in [-0.15, -0.1) is 0 Å². The number of aryl methyl sites for hydroxylation is 3. The Balaban J connectivity index is 2.45. The molecule has 1 heterocycles. The first kappa shape index (κ1) is 15.5. The number of nitrogens with one attached hydrogen (secondary N) is 1. The van der Waals surface area contributed by atoms with E-state index in [0.29, 0.717) is 11.3 Å². The van der Waals surface area contributed by atoms with Gasteiger partial charge >= 0.3 is 0 Å². The molecule has 21 heavy (non-hydrogen) atoms. The van der Waals surface area contributed by atoms with E-state index in [1.807, 2.05) is 0 Å². The van der Waals surface area contributed by atoms with Crippen molar-refractivity contribution in [2.24, 2.45) is 0 Å². The normalized spacial score (nSPS) is 11.7. The van der Waals surface area contributed by atoms with E-state index in [2.05, 4.69) is 4.72 Å². The van der Waals surface area contributed by atoms with Gasteiger partial charge in [-0.1, -0.05) is 0 Å². The Kier molecular flexibility index (Phi) is 4.06. The third kappa shape index (κ3) is 2.93. The third-order valence-corrected chi connectivity index (χ3v) is 4.74. The molecule has 0 aliphatic rings. The highest BCUT2D eigenvalue weighted by Gasteiger charge is 2.26. The number of hydrogen-bond donors (Lipinski definition) is 2. The molecule has 0 spiro atoms. The largest absolute Gasteiger partial charge is 0.465 e. The summed E-state index contributed by atoms with van der Waals surface area (Å²) in [5, 5.41) is 9.32. The van der Waals surface area contributed by atoms with Gasteiger partial charge in [0.1, 0.15) is 22.2 Å². The molecule has 1 aromatic carbocycles. The van der Waals surface area contributed by atoms with Crippen LogP contribution in [0.1, 0.15) is 22.6 Å². The van der Waals surface area contributed by atoms with Crippen LogP contribution in [0.25, 0.3) is 0 Å². The highest BCUT2D eigenvalue weighted by atomic mass is 32.2. The predicted molar refractivity (Wildman–Crippen MR) is 76.1 cm³/mol. The first-order valence-electron chi connectivity index (χ1n) is 6.25. The highest BCUT2D eigenvalue weighted by Crippen LogP contribution is 2.28. The Hall–Kier alpha value is -1.86. The van der Waals surface area contributed by atoms with Crippen LogP contribution in [-0.2, 0) is 16.6 Å². The van der Waals surface area contributed by atoms with Crippen molar-refractivity contribution in [2.45, 2.75) is 32.3 Å². The fourth-order valence-electron chi connectivity index (χ4n) is 2.16. The van der Waals surface area contributed by atoms with Gasteiger partial charge in [-0.2, -0.15) is 0 Å². The van der Waals surface area contributed by atoms with Gasteiger partial charge in [0.2, 0.25) is 0 Å². The van der Waals surface area contributed by atoms with E-state index in [1.165, 1.54) is 25.1 Å². The van der Waals surface area contributed by atoms with Crippen LogP contribution in [-0.4, -0.2) is 13.5 Å². The van der Waals surface area contributed by atoms with Crippen molar-refractivity contribution in [2.75, 3.05) is 4.72 Å². The number of hydrogen-bond acceptors (Lipinski definition) is 4. The predicted octanol–water partition coefficient (Wildman–Crippen LogP) is 2.64. The zero-order chi connectivity index (χ0) is 15.8. The molecule has 0 radical (unpaired) electrons. The molecule has 7 heteroatoms. The molecule has 2 N–H and O–H groups in total. The summed E-state index contributed by atoms with van der Waals surface area (Å²) in [5.41, 5.74) is 0.799. The van der Waals surface area contributed by atoms with E-state index in [1.54, 1.807) is 13.8 Å². The molecule has 1 aromatic heterocycles. The molecule has 0 aliphatic carbocycles. The average Bonchev–Trinajstić information content (AvgIpc) is 2.68. The van der Waals surface area contributed by atoms with Crippen LogP contribution in [0.5, 0.6) is 0 Å². The van der Waals surface area contributed by atoms with Crippen LogP contribution < -0.4 is 4.72 Å². The minimum Gasteiger partial charge on any atom is -0.465 e. The molecule has 0 fully saturated rings. The first-order chi connectivity index (χ1) is 9.76. The molecular weight excluding hydrogens is 297 g/mol. The number of anilines is 1. The van der Waals surface area contributed by atoms with Crippen LogP contribution >= 0.6 is 0 Å². The van der Waals surface area contributed by atoms with E-state index in [0.717, 1.165) is 0 Å². The number of furan rings is 1.